The molecule has 2 N–H and O–H groups in total. The van der Waals surface area contributed by atoms with Gasteiger partial charge in [-0.1, -0.05) is 12.1 Å². The number of nitro groups is 1. The van der Waals surface area contributed by atoms with Crippen LogP contribution in [0.25, 0.3) is 0 Å². The van der Waals surface area contributed by atoms with Crippen molar-refractivity contribution >= 4 is 5.69 Å². The summed E-state index contributed by atoms with van der Waals surface area (Å²) in [4.78, 5) is 10.4. The molecule has 2 rings (SSSR count). The summed E-state index contributed by atoms with van der Waals surface area (Å²) < 4.78 is 19.3. The van der Waals surface area contributed by atoms with Gasteiger partial charge in [0, 0.05) is 12.1 Å². The zero-order chi connectivity index (χ0) is 15.6. The third-order valence-corrected chi connectivity index (χ3v) is 3.01. The van der Waals surface area contributed by atoms with Crippen molar-refractivity contribution in [3.05, 3.63) is 63.5 Å². The van der Waals surface area contributed by atoms with Crippen LogP contribution in [0.5, 0.6) is 11.5 Å². The Kier molecular flexibility index (Phi) is 4.18. The van der Waals surface area contributed by atoms with Crippen molar-refractivity contribution in [1.82, 2.24) is 0 Å². The summed E-state index contributed by atoms with van der Waals surface area (Å²) >= 11 is 0. The minimum atomic E-state index is -0.611. The molecule has 0 heterocycles. The maximum absolute atomic E-state index is 14.0. The molecule has 21 heavy (non-hydrogen) atoms. The summed E-state index contributed by atoms with van der Waals surface area (Å²) in [5.41, 5.74) is 6.86. The summed E-state index contributed by atoms with van der Waals surface area (Å²) in [7, 11) is 0. The van der Waals surface area contributed by atoms with Gasteiger partial charge in [-0.25, -0.2) is 4.39 Å². The highest BCUT2D eigenvalue weighted by atomic mass is 19.1. The second-order valence-electron chi connectivity index (χ2n) is 4.81. The van der Waals surface area contributed by atoms with Gasteiger partial charge in [-0.3, -0.25) is 10.1 Å². The van der Waals surface area contributed by atoms with Crippen LogP contribution < -0.4 is 10.5 Å². The van der Waals surface area contributed by atoms with Gasteiger partial charge >= 0.3 is 5.69 Å². The number of ether oxygens (including phenoxy) is 1. The lowest BCUT2D eigenvalue weighted by molar-refractivity contribution is -0.385. The van der Waals surface area contributed by atoms with E-state index in [9.17, 15) is 14.5 Å². The van der Waals surface area contributed by atoms with Crippen LogP contribution in [-0.2, 0) is 0 Å². The quantitative estimate of drug-likeness (QED) is 0.685. The lowest BCUT2D eigenvalue weighted by Crippen LogP contribution is -2.05. The van der Waals surface area contributed by atoms with Crippen LogP contribution >= 0.6 is 0 Å². The van der Waals surface area contributed by atoms with Gasteiger partial charge in [0.05, 0.1) is 4.92 Å². The molecule has 0 amide bonds. The Labute approximate surface area is 121 Å². The summed E-state index contributed by atoms with van der Waals surface area (Å²) in [5, 5.41) is 11.0. The molecular weight excluding hydrogens is 275 g/mol. The summed E-state index contributed by atoms with van der Waals surface area (Å²) in [6.45, 7) is 3.51. The van der Waals surface area contributed by atoms with E-state index in [0.29, 0.717) is 5.56 Å². The third-order valence-electron chi connectivity index (χ3n) is 3.01. The molecule has 0 saturated carbocycles. The van der Waals surface area contributed by atoms with E-state index < -0.39 is 10.7 Å². The number of nitrogens with two attached hydrogens (primary N) is 1. The van der Waals surface area contributed by atoms with Crippen molar-refractivity contribution in [2.45, 2.75) is 19.9 Å². The van der Waals surface area contributed by atoms with Crippen LogP contribution in [0.1, 0.15) is 24.1 Å². The molecule has 2 aromatic rings. The van der Waals surface area contributed by atoms with Crippen molar-refractivity contribution in [1.29, 1.82) is 0 Å². The Morgan fingerprint density at radius 1 is 1.24 bits per heavy atom. The smallest absolute Gasteiger partial charge is 0.311 e. The van der Waals surface area contributed by atoms with E-state index in [4.69, 9.17) is 10.5 Å². The number of benzene rings is 2. The highest BCUT2D eigenvalue weighted by Crippen LogP contribution is 2.33. The van der Waals surface area contributed by atoms with Gasteiger partial charge in [-0.05, 0) is 43.2 Å². The van der Waals surface area contributed by atoms with E-state index >= 15 is 0 Å². The fourth-order valence-corrected chi connectivity index (χ4v) is 1.86. The van der Waals surface area contributed by atoms with Crippen LogP contribution in [0.15, 0.2) is 36.4 Å². The molecule has 110 valence electrons. The standard InChI is InChI=1S/C15H15FN2O3/c1-9-3-5-13(18(19)20)15(7-9)21-14-6-4-11(10(2)17)8-12(14)16/h3-8,10H,17H2,1-2H3. The van der Waals surface area contributed by atoms with E-state index in [1.807, 2.05) is 0 Å². The number of hydrogen-bond donors (Lipinski definition) is 1. The van der Waals surface area contributed by atoms with Gasteiger partial charge in [-0.15, -0.1) is 0 Å². The molecule has 1 unspecified atom stereocenters. The second-order valence-corrected chi connectivity index (χ2v) is 4.81. The van der Waals surface area contributed by atoms with Crippen LogP contribution in [-0.4, -0.2) is 4.92 Å². The number of nitrogens with zero attached hydrogens (tertiary/aromatic N) is 1. The second kappa shape index (κ2) is 5.88. The Morgan fingerprint density at radius 3 is 2.52 bits per heavy atom. The first kappa shape index (κ1) is 14.9. The zero-order valence-corrected chi connectivity index (χ0v) is 11.7. The van der Waals surface area contributed by atoms with E-state index in [2.05, 4.69) is 0 Å². The van der Waals surface area contributed by atoms with Crippen molar-refractivity contribution in [2.24, 2.45) is 5.73 Å². The van der Waals surface area contributed by atoms with E-state index in [1.54, 1.807) is 26.0 Å². The van der Waals surface area contributed by atoms with E-state index in [1.165, 1.54) is 24.3 Å². The lowest BCUT2D eigenvalue weighted by atomic mass is 10.1. The Bertz CT molecular complexity index is 687. The highest BCUT2D eigenvalue weighted by molar-refractivity contribution is 5.50. The number of rotatable bonds is 4. The minimum Gasteiger partial charge on any atom is -0.447 e. The van der Waals surface area contributed by atoms with Crippen molar-refractivity contribution in [3.63, 3.8) is 0 Å². The van der Waals surface area contributed by atoms with Crippen molar-refractivity contribution < 1.29 is 14.1 Å². The molecular formula is C15H15FN2O3. The van der Waals surface area contributed by atoms with Crippen LogP contribution in [0.4, 0.5) is 10.1 Å². The van der Waals surface area contributed by atoms with Gasteiger partial charge in [0.25, 0.3) is 0 Å². The van der Waals surface area contributed by atoms with Crippen molar-refractivity contribution in [3.8, 4) is 11.5 Å². The first-order chi connectivity index (χ1) is 9.88. The fourth-order valence-electron chi connectivity index (χ4n) is 1.86. The van der Waals surface area contributed by atoms with Crippen molar-refractivity contribution in [2.75, 3.05) is 0 Å². The topological polar surface area (TPSA) is 78.4 Å². The molecule has 0 aliphatic heterocycles. The first-order valence-electron chi connectivity index (χ1n) is 6.36. The Balaban J connectivity index is 2.38. The Morgan fingerprint density at radius 2 is 1.95 bits per heavy atom. The summed E-state index contributed by atoms with van der Waals surface area (Å²) in [5.74, 6) is -0.679. The molecule has 0 bridgehead atoms. The molecule has 0 radical (unpaired) electrons. The normalized spacial score (nSPS) is 12.0. The van der Waals surface area contributed by atoms with Crippen LogP contribution in [0.2, 0.25) is 0 Å². The molecule has 0 saturated heterocycles. The lowest BCUT2D eigenvalue weighted by Gasteiger charge is -2.10. The largest absolute Gasteiger partial charge is 0.447 e. The molecule has 0 aliphatic rings. The minimum absolute atomic E-state index is 0.00690. The van der Waals surface area contributed by atoms with Gasteiger partial charge in [0.15, 0.2) is 11.6 Å². The SMILES string of the molecule is Cc1ccc([N+](=O)[O-])c(Oc2ccc(C(C)N)cc2F)c1. The predicted molar refractivity (Wildman–Crippen MR) is 76.9 cm³/mol. The average molecular weight is 290 g/mol. The molecule has 5 nitrogen and oxygen atoms in total. The molecule has 0 aliphatic carbocycles. The molecule has 6 heteroatoms. The number of aryl methyl sites for hydroxylation is 1. The maximum Gasteiger partial charge on any atom is 0.311 e. The van der Waals surface area contributed by atoms with Crippen LogP contribution in [0.3, 0.4) is 0 Å². The molecule has 1 atom stereocenters. The number of halogens is 1. The van der Waals surface area contributed by atoms with Gasteiger partial charge in [-0.2, -0.15) is 0 Å². The summed E-state index contributed by atoms with van der Waals surface area (Å²) in [6, 6.07) is 8.44. The zero-order valence-electron chi connectivity index (χ0n) is 11.7. The summed E-state index contributed by atoms with van der Waals surface area (Å²) in [6.07, 6.45) is 0. The molecule has 0 aromatic heterocycles. The molecule has 2 aromatic carbocycles. The fraction of sp³-hybridized carbons (Fsp3) is 0.200. The highest BCUT2D eigenvalue weighted by Gasteiger charge is 2.17. The van der Waals surface area contributed by atoms with Gasteiger partial charge < -0.3 is 10.5 Å². The van der Waals surface area contributed by atoms with Gasteiger partial charge in [0.1, 0.15) is 0 Å². The van der Waals surface area contributed by atoms with E-state index in [0.717, 1.165) is 5.56 Å². The molecule has 0 spiro atoms. The van der Waals surface area contributed by atoms with E-state index in [-0.39, 0.29) is 23.2 Å². The Hall–Kier alpha value is -2.47. The maximum atomic E-state index is 14.0. The van der Waals surface area contributed by atoms with Gasteiger partial charge in [0.2, 0.25) is 5.75 Å². The monoisotopic (exact) mass is 290 g/mol. The number of hydrogen-bond acceptors (Lipinski definition) is 4. The molecule has 0 fully saturated rings. The first-order valence-corrected chi connectivity index (χ1v) is 6.36. The number of nitro benzene ring substituents is 1. The predicted octanol–water partition coefficient (Wildman–Crippen LogP) is 3.85. The van der Waals surface area contributed by atoms with Crippen LogP contribution in [0, 0.1) is 22.9 Å². The third kappa shape index (κ3) is 3.35. The average Bonchev–Trinajstić information content (AvgIpc) is 2.40.